The first-order valence-corrected chi connectivity index (χ1v) is 6.27. The Kier molecular flexibility index (Phi) is 2.52. The van der Waals surface area contributed by atoms with E-state index >= 15 is 0 Å². The fourth-order valence-corrected chi connectivity index (χ4v) is 2.52. The fraction of sp³-hybridized carbons (Fsp3) is 0.154. The molecule has 0 amide bonds. The van der Waals surface area contributed by atoms with Gasteiger partial charge >= 0.3 is 0 Å². The molecule has 0 aliphatic heterocycles. The topological polar surface area (TPSA) is 31.0 Å². The van der Waals surface area contributed by atoms with Crippen LogP contribution in [0.4, 0.5) is 4.39 Å². The molecule has 0 unspecified atom stereocenters. The molecule has 18 heavy (non-hydrogen) atoms. The maximum absolute atomic E-state index is 14.0. The minimum Gasteiger partial charge on any atom is -0.353 e. The lowest BCUT2D eigenvalue weighted by Gasteiger charge is -2.05. The van der Waals surface area contributed by atoms with E-state index in [-0.39, 0.29) is 5.82 Å². The predicted octanol–water partition coefficient (Wildman–Crippen LogP) is 4.14. The summed E-state index contributed by atoms with van der Waals surface area (Å²) in [6, 6.07) is 6.95. The standard InChI is InChI=1S/C13H10BrFN2O/c1-7-3-4-8(2)17(7)13-11-10(15)6-5-9(14)12(11)18-16-13/h3-6H,1-2H3. The molecule has 0 bridgehead atoms. The zero-order valence-electron chi connectivity index (χ0n) is 9.87. The van der Waals surface area contributed by atoms with E-state index in [1.807, 2.05) is 30.5 Å². The van der Waals surface area contributed by atoms with E-state index in [0.717, 1.165) is 11.4 Å². The van der Waals surface area contributed by atoms with Crippen LogP contribution in [-0.4, -0.2) is 9.72 Å². The van der Waals surface area contributed by atoms with Gasteiger partial charge in [-0.1, -0.05) is 5.16 Å². The molecule has 3 nitrogen and oxygen atoms in total. The molecular formula is C13H10BrFN2O. The van der Waals surface area contributed by atoms with Crippen molar-refractivity contribution in [3.63, 3.8) is 0 Å². The van der Waals surface area contributed by atoms with Crippen LogP contribution in [0.1, 0.15) is 11.4 Å². The minimum absolute atomic E-state index is 0.336. The van der Waals surface area contributed by atoms with E-state index < -0.39 is 0 Å². The van der Waals surface area contributed by atoms with Gasteiger partial charge in [0.2, 0.25) is 0 Å². The highest BCUT2D eigenvalue weighted by atomic mass is 79.9. The second kappa shape index (κ2) is 3.95. The maximum atomic E-state index is 14.0. The van der Waals surface area contributed by atoms with Gasteiger partial charge in [0.1, 0.15) is 11.2 Å². The number of benzene rings is 1. The van der Waals surface area contributed by atoms with Crippen LogP contribution in [0.5, 0.6) is 0 Å². The van der Waals surface area contributed by atoms with Gasteiger partial charge < -0.3 is 4.52 Å². The third-order valence-electron chi connectivity index (χ3n) is 2.99. The van der Waals surface area contributed by atoms with E-state index in [1.165, 1.54) is 6.07 Å². The molecule has 1 aromatic carbocycles. The highest BCUT2D eigenvalue weighted by Gasteiger charge is 2.18. The zero-order chi connectivity index (χ0) is 12.9. The summed E-state index contributed by atoms with van der Waals surface area (Å²) in [5.41, 5.74) is 2.40. The summed E-state index contributed by atoms with van der Waals surface area (Å²) in [6.07, 6.45) is 0. The maximum Gasteiger partial charge on any atom is 0.191 e. The predicted molar refractivity (Wildman–Crippen MR) is 70.5 cm³/mol. The van der Waals surface area contributed by atoms with E-state index in [2.05, 4.69) is 21.1 Å². The summed E-state index contributed by atoms with van der Waals surface area (Å²) in [7, 11) is 0. The van der Waals surface area contributed by atoms with E-state index in [0.29, 0.717) is 21.3 Å². The minimum atomic E-state index is -0.336. The van der Waals surface area contributed by atoms with Gasteiger partial charge in [-0.25, -0.2) is 4.39 Å². The highest BCUT2D eigenvalue weighted by molar-refractivity contribution is 9.10. The average molecular weight is 309 g/mol. The summed E-state index contributed by atoms with van der Waals surface area (Å²) in [5, 5.41) is 4.39. The molecule has 0 radical (unpaired) electrons. The van der Waals surface area contributed by atoms with E-state index in [1.54, 1.807) is 6.07 Å². The number of rotatable bonds is 1. The summed E-state index contributed by atoms with van der Waals surface area (Å²) in [5.74, 6) is 0.153. The number of hydrogen-bond donors (Lipinski definition) is 0. The largest absolute Gasteiger partial charge is 0.353 e. The smallest absolute Gasteiger partial charge is 0.191 e. The molecule has 0 fully saturated rings. The van der Waals surface area contributed by atoms with Crippen LogP contribution in [0.3, 0.4) is 0 Å². The lowest BCUT2D eigenvalue weighted by atomic mass is 10.2. The van der Waals surface area contributed by atoms with Crippen LogP contribution in [-0.2, 0) is 0 Å². The molecule has 0 aliphatic carbocycles. The lowest BCUT2D eigenvalue weighted by molar-refractivity contribution is 0.450. The number of fused-ring (bicyclic) bond motifs is 1. The van der Waals surface area contributed by atoms with Crippen molar-refractivity contribution in [1.82, 2.24) is 9.72 Å². The van der Waals surface area contributed by atoms with Crippen LogP contribution in [0.2, 0.25) is 0 Å². The Hall–Kier alpha value is -1.62. The third-order valence-corrected chi connectivity index (χ3v) is 3.61. The van der Waals surface area contributed by atoms with Gasteiger partial charge in [-0.05, 0) is 54.0 Å². The number of halogens is 2. The van der Waals surface area contributed by atoms with Crippen molar-refractivity contribution >= 4 is 26.9 Å². The molecule has 0 saturated carbocycles. The monoisotopic (exact) mass is 308 g/mol. The first-order valence-electron chi connectivity index (χ1n) is 5.48. The Labute approximate surface area is 111 Å². The van der Waals surface area contributed by atoms with Crippen LogP contribution in [0.15, 0.2) is 33.3 Å². The van der Waals surface area contributed by atoms with Gasteiger partial charge in [0.25, 0.3) is 0 Å². The molecule has 92 valence electrons. The molecule has 0 saturated heterocycles. The van der Waals surface area contributed by atoms with E-state index in [9.17, 15) is 4.39 Å². The quantitative estimate of drug-likeness (QED) is 0.676. The average Bonchev–Trinajstić information content (AvgIpc) is 2.89. The van der Waals surface area contributed by atoms with Crippen molar-refractivity contribution < 1.29 is 8.91 Å². The number of hydrogen-bond acceptors (Lipinski definition) is 2. The highest BCUT2D eigenvalue weighted by Crippen LogP contribution is 2.31. The van der Waals surface area contributed by atoms with Crippen molar-refractivity contribution in [3.8, 4) is 5.82 Å². The SMILES string of the molecule is Cc1ccc(C)n1-c1noc2c(Br)ccc(F)c12. The van der Waals surface area contributed by atoms with Gasteiger partial charge in [-0.3, -0.25) is 4.57 Å². The van der Waals surface area contributed by atoms with Crippen molar-refractivity contribution in [2.45, 2.75) is 13.8 Å². The molecule has 3 rings (SSSR count). The van der Waals surface area contributed by atoms with Gasteiger partial charge in [0.15, 0.2) is 11.4 Å². The first-order chi connectivity index (χ1) is 8.59. The second-order valence-corrected chi connectivity index (χ2v) is 5.05. The summed E-state index contributed by atoms with van der Waals surface area (Å²) in [4.78, 5) is 0. The van der Waals surface area contributed by atoms with Crippen molar-refractivity contribution in [2.75, 3.05) is 0 Å². The van der Waals surface area contributed by atoms with Gasteiger partial charge in [0.05, 0.1) is 4.47 Å². The summed E-state index contributed by atoms with van der Waals surface area (Å²) in [6.45, 7) is 3.90. The van der Waals surface area contributed by atoms with Gasteiger partial charge in [-0.15, -0.1) is 0 Å². The number of nitrogens with zero attached hydrogens (tertiary/aromatic N) is 2. The molecule has 3 aromatic rings. The molecule has 5 heteroatoms. The Morgan fingerprint density at radius 2 is 1.83 bits per heavy atom. The lowest BCUT2D eigenvalue weighted by Crippen LogP contribution is -2.00. The van der Waals surface area contributed by atoms with Crippen LogP contribution in [0, 0.1) is 19.7 Å². The molecule has 2 heterocycles. The van der Waals surface area contributed by atoms with Gasteiger partial charge in [0, 0.05) is 11.4 Å². The van der Waals surface area contributed by atoms with Gasteiger partial charge in [-0.2, -0.15) is 0 Å². The Morgan fingerprint density at radius 1 is 1.17 bits per heavy atom. The van der Waals surface area contributed by atoms with Crippen LogP contribution >= 0.6 is 15.9 Å². The van der Waals surface area contributed by atoms with Crippen molar-refractivity contribution in [1.29, 1.82) is 0 Å². The molecule has 0 aliphatic rings. The summed E-state index contributed by atoms with van der Waals surface area (Å²) >= 11 is 3.34. The second-order valence-electron chi connectivity index (χ2n) is 4.19. The van der Waals surface area contributed by atoms with Crippen molar-refractivity contribution in [2.24, 2.45) is 0 Å². The normalized spacial score (nSPS) is 11.3. The zero-order valence-corrected chi connectivity index (χ0v) is 11.5. The molecular weight excluding hydrogens is 299 g/mol. The molecule has 0 spiro atoms. The van der Waals surface area contributed by atoms with Crippen molar-refractivity contribution in [3.05, 3.63) is 45.9 Å². The fourth-order valence-electron chi connectivity index (χ4n) is 2.12. The van der Waals surface area contributed by atoms with E-state index in [4.69, 9.17) is 4.52 Å². The molecule has 0 N–H and O–H groups in total. The van der Waals surface area contributed by atoms with Crippen LogP contribution in [0.25, 0.3) is 16.8 Å². The first kappa shape index (κ1) is 11.5. The van der Waals surface area contributed by atoms with Crippen LogP contribution < -0.4 is 0 Å². The molecule has 2 aromatic heterocycles. The Morgan fingerprint density at radius 3 is 2.50 bits per heavy atom. The number of aryl methyl sites for hydroxylation is 2. The molecule has 0 atom stereocenters. The Balaban J connectivity index is 2.41. The third kappa shape index (κ3) is 1.50. The summed E-state index contributed by atoms with van der Waals surface area (Å²) < 4.78 is 21.8. The number of aromatic nitrogens is 2. The Bertz CT molecular complexity index is 725.